The van der Waals surface area contributed by atoms with E-state index in [4.69, 9.17) is 5.84 Å². The van der Waals surface area contributed by atoms with Gasteiger partial charge in [-0.2, -0.15) is 0 Å². The van der Waals surface area contributed by atoms with Crippen molar-refractivity contribution in [3.8, 4) is 0 Å². The normalized spacial score (nSPS) is 10.1. The van der Waals surface area contributed by atoms with Crippen LogP contribution in [0.4, 0.5) is 15.8 Å². The van der Waals surface area contributed by atoms with Crippen LogP contribution in [0.3, 0.4) is 0 Å². The first-order valence-corrected chi connectivity index (χ1v) is 5.72. The Balaban J connectivity index is 2.33. The summed E-state index contributed by atoms with van der Waals surface area (Å²) >= 11 is 0. The number of hydrazine groups is 1. The Morgan fingerprint density at radius 2 is 1.95 bits per heavy atom. The van der Waals surface area contributed by atoms with Gasteiger partial charge in [0.15, 0.2) is 0 Å². The number of carbonyl (C=O) groups is 1. The number of nitrogens with two attached hydrogens (primary N) is 1. The van der Waals surface area contributed by atoms with Crippen molar-refractivity contribution in [1.29, 1.82) is 0 Å². The maximum atomic E-state index is 13.2. The number of rotatable bonds is 3. The molecule has 3 N–H and O–H groups in total. The van der Waals surface area contributed by atoms with E-state index in [9.17, 15) is 9.18 Å². The quantitative estimate of drug-likeness (QED) is 0.657. The van der Waals surface area contributed by atoms with E-state index >= 15 is 0 Å². The van der Waals surface area contributed by atoms with Crippen LogP contribution in [0.5, 0.6) is 0 Å². The maximum absolute atomic E-state index is 13.2. The number of amides is 1. The lowest BCUT2D eigenvalue weighted by atomic mass is 10.1. The first-order chi connectivity index (χ1) is 9.13. The SMILES string of the molecule is CN(C(=O)c1ccccc1NN)c1cccc(F)c1. The fourth-order valence-electron chi connectivity index (χ4n) is 1.78. The third-order valence-electron chi connectivity index (χ3n) is 2.81. The molecule has 1 amide bonds. The minimum absolute atomic E-state index is 0.265. The van der Waals surface area contributed by atoms with Crippen LogP contribution in [0, 0.1) is 5.82 Å². The number of carbonyl (C=O) groups excluding carboxylic acids is 1. The lowest BCUT2D eigenvalue weighted by Gasteiger charge is -2.19. The molecule has 0 fully saturated rings. The molecule has 19 heavy (non-hydrogen) atoms. The third kappa shape index (κ3) is 2.71. The monoisotopic (exact) mass is 259 g/mol. The Hall–Kier alpha value is -2.40. The van der Waals surface area contributed by atoms with Gasteiger partial charge in [0.2, 0.25) is 0 Å². The molecule has 0 aliphatic carbocycles. The van der Waals surface area contributed by atoms with E-state index in [1.165, 1.54) is 17.0 Å². The topological polar surface area (TPSA) is 58.4 Å². The highest BCUT2D eigenvalue weighted by molar-refractivity contribution is 6.09. The van der Waals surface area contributed by atoms with Crippen molar-refractivity contribution in [1.82, 2.24) is 0 Å². The minimum atomic E-state index is -0.387. The molecule has 2 aromatic carbocycles. The van der Waals surface area contributed by atoms with Gasteiger partial charge in [-0.25, -0.2) is 4.39 Å². The zero-order valence-corrected chi connectivity index (χ0v) is 10.4. The molecule has 0 radical (unpaired) electrons. The second-order valence-corrected chi connectivity index (χ2v) is 4.03. The zero-order valence-electron chi connectivity index (χ0n) is 10.4. The molecule has 2 aromatic rings. The van der Waals surface area contributed by atoms with Crippen LogP contribution in [0.1, 0.15) is 10.4 Å². The first kappa shape index (κ1) is 13.0. The Kier molecular flexibility index (Phi) is 3.77. The highest BCUT2D eigenvalue weighted by atomic mass is 19.1. The van der Waals surface area contributed by atoms with Gasteiger partial charge in [-0.3, -0.25) is 10.6 Å². The number of nitrogens with zero attached hydrogens (tertiary/aromatic N) is 1. The van der Waals surface area contributed by atoms with Gasteiger partial charge in [-0.05, 0) is 30.3 Å². The molecular formula is C14H14FN3O. The van der Waals surface area contributed by atoms with Crippen LogP contribution < -0.4 is 16.2 Å². The lowest BCUT2D eigenvalue weighted by molar-refractivity contribution is 0.0993. The van der Waals surface area contributed by atoms with Crippen molar-refractivity contribution >= 4 is 17.3 Å². The summed E-state index contributed by atoms with van der Waals surface area (Å²) in [5.74, 6) is 4.72. The van der Waals surface area contributed by atoms with E-state index in [2.05, 4.69) is 5.43 Å². The van der Waals surface area contributed by atoms with Gasteiger partial charge in [0.25, 0.3) is 5.91 Å². The summed E-state index contributed by atoms with van der Waals surface area (Å²) in [5.41, 5.74) is 3.91. The summed E-state index contributed by atoms with van der Waals surface area (Å²) in [6.07, 6.45) is 0. The molecule has 0 aromatic heterocycles. The van der Waals surface area contributed by atoms with E-state index in [-0.39, 0.29) is 11.7 Å². The number of nitrogens with one attached hydrogen (secondary N) is 1. The smallest absolute Gasteiger partial charge is 0.260 e. The summed E-state index contributed by atoms with van der Waals surface area (Å²) in [7, 11) is 1.59. The highest BCUT2D eigenvalue weighted by Gasteiger charge is 2.16. The van der Waals surface area contributed by atoms with Gasteiger partial charge in [-0.1, -0.05) is 18.2 Å². The highest BCUT2D eigenvalue weighted by Crippen LogP contribution is 2.20. The summed E-state index contributed by atoms with van der Waals surface area (Å²) < 4.78 is 13.2. The van der Waals surface area contributed by atoms with Crippen LogP contribution >= 0.6 is 0 Å². The third-order valence-corrected chi connectivity index (χ3v) is 2.81. The van der Waals surface area contributed by atoms with Crippen LogP contribution in [0.15, 0.2) is 48.5 Å². The molecule has 0 spiro atoms. The molecule has 98 valence electrons. The fraction of sp³-hybridized carbons (Fsp3) is 0.0714. The van der Waals surface area contributed by atoms with Gasteiger partial charge in [-0.15, -0.1) is 0 Å². The Bertz CT molecular complexity index is 601. The van der Waals surface area contributed by atoms with Crippen molar-refractivity contribution in [3.63, 3.8) is 0 Å². The van der Waals surface area contributed by atoms with Gasteiger partial charge in [0.1, 0.15) is 5.82 Å². The van der Waals surface area contributed by atoms with Gasteiger partial charge in [0, 0.05) is 12.7 Å². The summed E-state index contributed by atoms with van der Waals surface area (Å²) in [6, 6.07) is 12.7. The number of anilines is 2. The van der Waals surface area contributed by atoms with Gasteiger partial charge >= 0.3 is 0 Å². The van der Waals surface area contributed by atoms with Crippen LogP contribution in [0.25, 0.3) is 0 Å². The average molecular weight is 259 g/mol. The molecule has 0 aliphatic heterocycles. The van der Waals surface area contributed by atoms with Gasteiger partial charge < -0.3 is 10.3 Å². The molecule has 0 saturated heterocycles. The zero-order chi connectivity index (χ0) is 13.8. The van der Waals surface area contributed by atoms with E-state index in [0.717, 1.165) is 0 Å². The van der Waals surface area contributed by atoms with Crippen LogP contribution in [-0.2, 0) is 0 Å². The maximum Gasteiger partial charge on any atom is 0.260 e. The standard InChI is InChI=1S/C14H14FN3O/c1-18(11-6-4-5-10(15)9-11)14(19)12-7-2-3-8-13(12)17-16/h2-9,17H,16H2,1H3. The number of nitrogen functional groups attached to an aromatic ring is 1. The molecule has 0 aliphatic rings. The lowest BCUT2D eigenvalue weighted by Crippen LogP contribution is -2.27. The minimum Gasteiger partial charge on any atom is -0.323 e. The van der Waals surface area contributed by atoms with Crippen molar-refractivity contribution in [2.24, 2.45) is 5.84 Å². The van der Waals surface area contributed by atoms with E-state index in [1.807, 2.05) is 0 Å². The van der Waals surface area contributed by atoms with Crippen LogP contribution in [-0.4, -0.2) is 13.0 Å². The number of benzene rings is 2. The van der Waals surface area contributed by atoms with E-state index < -0.39 is 0 Å². The van der Waals surface area contributed by atoms with Crippen molar-refractivity contribution in [2.45, 2.75) is 0 Å². The Morgan fingerprint density at radius 1 is 1.21 bits per heavy atom. The summed E-state index contributed by atoms with van der Waals surface area (Å²) in [6.45, 7) is 0. The molecule has 0 bridgehead atoms. The molecule has 4 nitrogen and oxygen atoms in total. The van der Waals surface area contributed by atoms with Crippen LogP contribution in [0.2, 0.25) is 0 Å². The number of halogens is 1. The van der Waals surface area contributed by atoms with Gasteiger partial charge in [0.05, 0.1) is 11.3 Å². The molecule has 0 saturated carbocycles. The molecule has 5 heteroatoms. The number of hydrogen-bond acceptors (Lipinski definition) is 3. The predicted octanol–water partition coefficient (Wildman–Crippen LogP) is 2.39. The Morgan fingerprint density at radius 3 is 2.63 bits per heavy atom. The van der Waals surface area contributed by atoms with Crippen molar-refractivity contribution in [2.75, 3.05) is 17.4 Å². The van der Waals surface area contributed by atoms with E-state index in [0.29, 0.717) is 16.9 Å². The number of para-hydroxylation sites is 1. The fourth-order valence-corrected chi connectivity index (χ4v) is 1.78. The van der Waals surface area contributed by atoms with Crippen molar-refractivity contribution in [3.05, 3.63) is 59.9 Å². The summed E-state index contributed by atoms with van der Waals surface area (Å²) in [4.78, 5) is 13.7. The molecule has 0 atom stereocenters. The van der Waals surface area contributed by atoms with E-state index in [1.54, 1.807) is 43.4 Å². The molecule has 0 unspecified atom stereocenters. The Labute approximate surface area is 110 Å². The predicted molar refractivity (Wildman–Crippen MR) is 73.4 cm³/mol. The number of hydrogen-bond donors (Lipinski definition) is 2. The average Bonchev–Trinajstić information content (AvgIpc) is 2.45. The molecular weight excluding hydrogens is 245 g/mol. The summed E-state index contributed by atoms with van der Waals surface area (Å²) in [5, 5.41) is 0. The first-order valence-electron chi connectivity index (χ1n) is 5.72. The second kappa shape index (κ2) is 5.49. The largest absolute Gasteiger partial charge is 0.323 e. The van der Waals surface area contributed by atoms with Crippen molar-refractivity contribution < 1.29 is 9.18 Å². The second-order valence-electron chi connectivity index (χ2n) is 4.03. The molecule has 0 heterocycles. The molecule has 2 rings (SSSR count).